The fourth-order valence-corrected chi connectivity index (χ4v) is 3.54. The first-order chi connectivity index (χ1) is 12.1. The van der Waals surface area contributed by atoms with Gasteiger partial charge in [-0.1, -0.05) is 6.07 Å². The molecule has 2 aromatic heterocycles. The van der Waals surface area contributed by atoms with Crippen LogP contribution in [0.5, 0.6) is 0 Å². The summed E-state index contributed by atoms with van der Waals surface area (Å²) in [7, 11) is 3.41. The zero-order valence-electron chi connectivity index (χ0n) is 14.4. The van der Waals surface area contributed by atoms with Crippen LogP contribution in [0.25, 0.3) is 0 Å². The van der Waals surface area contributed by atoms with E-state index in [2.05, 4.69) is 27.5 Å². The zero-order chi connectivity index (χ0) is 17.8. The lowest BCUT2D eigenvalue weighted by molar-refractivity contribution is -0.140. The second kappa shape index (κ2) is 7.65. The molecule has 1 aliphatic rings. The third kappa shape index (κ3) is 3.82. The fourth-order valence-electron chi connectivity index (χ4n) is 3.21. The van der Waals surface area contributed by atoms with Crippen LogP contribution in [0.3, 0.4) is 0 Å². The minimum Gasteiger partial charge on any atom is -0.469 e. The van der Waals surface area contributed by atoms with Crippen molar-refractivity contribution >= 4 is 23.3 Å². The number of aryl methyl sites for hydroxylation is 1. The van der Waals surface area contributed by atoms with E-state index in [0.29, 0.717) is 24.5 Å². The lowest BCUT2D eigenvalue weighted by Gasteiger charge is -2.27. The highest BCUT2D eigenvalue weighted by atomic mass is 32.1. The number of hydrogen-bond acceptors (Lipinski definition) is 4. The predicted octanol–water partition coefficient (Wildman–Crippen LogP) is 2.35. The van der Waals surface area contributed by atoms with E-state index in [1.807, 2.05) is 36.0 Å². The van der Waals surface area contributed by atoms with Gasteiger partial charge in [0, 0.05) is 38.6 Å². The Morgan fingerprint density at radius 1 is 1.40 bits per heavy atom. The molecule has 7 heteroatoms. The summed E-state index contributed by atoms with van der Waals surface area (Å²) >= 11 is 5.57. The normalized spacial score (nSPS) is 19.8. The van der Waals surface area contributed by atoms with E-state index in [1.54, 1.807) is 6.20 Å². The van der Waals surface area contributed by atoms with Crippen LogP contribution >= 0.6 is 12.2 Å². The van der Waals surface area contributed by atoms with Gasteiger partial charge in [0.25, 0.3) is 0 Å². The molecule has 6 nitrogen and oxygen atoms in total. The van der Waals surface area contributed by atoms with Gasteiger partial charge in [-0.25, -0.2) is 0 Å². The number of nitrogens with zero attached hydrogens (tertiary/aromatic N) is 3. The SMILES string of the molecule is COC(=O)CCCN1C(=S)N[C@H](c2ccccn2)[C@H]1c1ccn(C)c1. The molecule has 2 aromatic rings. The van der Waals surface area contributed by atoms with Gasteiger partial charge in [0.1, 0.15) is 0 Å². The third-order valence-corrected chi connectivity index (χ3v) is 4.75. The topological polar surface area (TPSA) is 59.4 Å². The zero-order valence-corrected chi connectivity index (χ0v) is 15.2. The highest BCUT2D eigenvalue weighted by molar-refractivity contribution is 7.80. The Balaban J connectivity index is 1.85. The average Bonchev–Trinajstić information content (AvgIpc) is 3.19. The molecule has 0 radical (unpaired) electrons. The summed E-state index contributed by atoms with van der Waals surface area (Å²) < 4.78 is 6.75. The summed E-state index contributed by atoms with van der Waals surface area (Å²) in [4.78, 5) is 18.1. The second-order valence-electron chi connectivity index (χ2n) is 6.11. The molecule has 1 aliphatic heterocycles. The molecule has 0 amide bonds. The second-order valence-corrected chi connectivity index (χ2v) is 6.50. The highest BCUT2D eigenvalue weighted by Gasteiger charge is 2.39. The van der Waals surface area contributed by atoms with Gasteiger partial charge >= 0.3 is 5.97 Å². The van der Waals surface area contributed by atoms with Gasteiger partial charge in [-0.15, -0.1) is 0 Å². The lowest BCUT2D eigenvalue weighted by atomic mass is 9.99. The molecule has 0 spiro atoms. The van der Waals surface area contributed by atoms with Crippen molar-refractivity contribution in [2.24, 2.45) is 7.05 Å². The maximum Gasteiger partial charge on any atom is 0.305 e. The van der Waals surface area contributed by atoms with E-state index in [4.69, 9.17) is 17.0 Å². The van der Waals surface area contributed by atoms with Gasteiger partial charge in [-0.2, -0.15) is 0 Å². The van der Waals surface area contributed by atoms with Gasteiger partial charge in [-0.3, -0.25) is 9.78 Å². The molecule has 0 unspecified atom stereocenters. The van der Waals surface area contributed by atoms with Crippen LogP contribution in [-0.4, -0.2) is 39.2 Å². The first-order valence-corrected chi connectivity index (χ1v) is 8.67. The van der Waals surface area contributed by atoms with E-state index < -0.39 is 0 Å². The number of esters is 1. The number of thiocarbonyl (C=S) groups is 1. The fraction of sp³-hybridized carbons (Fsp3) is 0.389. The molecule has 25 heavy (non-hydrogen) atoms. The van der Waals surface area contributed by atoms with E-state index >= 15 is 0 Å². The van der Waals surface area contributed by atoms with E-state index in [-0.39, 0.29) is 18.1 Å². The van der Waals surface area contributed by atoms with Crippen molar-refractivity contribution in [3.8, 4) is 0 Å². The Bertz CT molecular complexity index is 747. The molecule has 3 rings (SSSR count). The summed E-state index contributed by atoms with van der Waals surface area (Å²) in [5.41, 5.74) is 2.12. The van der Waals surface area contributed by atoms with Crippen molar-refractivity contribution in [2.75, 3.05) is 13.7 Å². The minimum absolute atomic E-state index is 0.0192. The summed E-state index contributed by atoms with van der Waals surface area (Å²) in [6.07, 6.45) is 6.99. The smallest absolute Gasteiger partial charge is 0.305 e. The van der Waals surface area contributed by atoms with Crippen LogP contribution in [0.15, 0.2) is 42.9 Å². The van der Waals surface area contributed by atoms with E-state index in [9.17, 15) is 4.79 Å². The standard InChI is InChI=1S/C18H22N4O2S/c1-21-11-8-13(12-21)17-16(14-6-3-4-9-19-14)20-18(25)22(17)10-5-7-15(23)24-2/h3-4,6,8-9,11-12,16-17H,5,7,10H2,1-2H3,(H,20,25)/t16-,17-/m1/s1. The largest absolute Gasteiger partial charge is 0.469 e. The summed E-state index contributed by atoms with van der Waals surface area (Å²) in [6.45, 7) is 0.684. The van der Waals surface area contributed by atoms with Crippen LogP contribution in [0.1, 0.15) is 36.2 Å². The van der Waals surface area contributed by atoms with Crippen molar-refractivity contribution in [1.82, 2.24) is 19.8 Å². The molecule has 0 saturated carbocycles. The van der Waals surface area contributed by atoms with Gasteiger partial charge in [-0.05, 0) is 42.4 Å². The van der Waals surface area contributed by atoms with E-state index in [1.165, 1.54) is 12.7 Å². The number of carbonyl (C=O) groups is 1. The first kappa shape index (κ1) is 17.4. The molecule has 1 fully saturated rings. The third-order valence-electron chi connectivity index (χ3n) is 4.40. The molecular weight excluding hydrogens is 336 g/mol. The van der Waals surface area contributed by atoms with Crippen LogP contribution in [0, 0.1) is 0 Å². The lowest BCUT2D eigenvalue weighted by Crippen LogP contribution is -2.30. The highest BCUT2D eigenvalue weighted by Crippen LogP contribution is 2.38. The molecule has 0 aromatic carbocycles. The van der Waals surface area contributed by atoms with Crippen molar-refractivity contribution < 1.29 is 9.53 Å². The van der Waals surface area contributed by atoms with Crippen LogP contribution in [0.4, 0.5) is 0 Å². The maximum absolute atomic E-state index is 11.4. The summed E-state index contributed by atoms with van der Waals surface area (Å²) in [6, 6.07) is 8.02. The summed E-state index contributed by atoms with van der Waals surface area (Å²) in [5.74, 6) is -0.199. The number of rotatable bonds is 6. The average molecular weight is 358 g/mol. The van der Waals surface area contributed by atoms with Gasteiger partial charge in [0.2, 0.25) is 0 Å². The molecule has 2 atom stereocenters. The molecule has 0 bridgehead atoms. The van der Waals surface area contributed by atoms with Crippen molar-refractivity contribution in [3.63, 3.8) is 0 Å². The number of ether oxygens (including phenoxy) is 1. The number of carbonyl (C=O) groups excluding carboxylic acids is 1. The van der Waals surface area contributed by atoms with Crippen molar-refractivity contribution in [2.45, 2.75) is 24.9 Å². The molecule has 3 heterocycles. The van der Waals surface area contributed by atoms with Crippen LogP contribution in [0.2, 0.25) is 0 Å². The number of hydrogen-bond donors (Lipinski definition) is 1. The number of nitrogens with one attached hydrogen (secondary N) is 1. The minimum atomic E-state index is -0.199. The number of methoxy groups -OCH3 is 1. The quantitative estimate of drug-likeness (QED) is 0.632. The number of aromatic nitrogens is 2. The van der Waals surface area contributed by atoms with E-state index in [0.717, 1.165) is 5.69 Å². The first-order valence-electron chi connectivity index (χ1n) is 8.27. The van der Waals surface area contributed by atoms with Gasteiger partial charge < -0.3 is 19.5 Å². The summed E-state index contributed by atoms with van der Waals surface area (Å²) in [5, 5.41) is 4.09. The Morgan fingerprint density at radius 2 is 2.24 bits per heavy atom. The Morgan fingerprint density at radius 3 is 2.88 bits per heavy atom. The molecule has 1 saturated heterocycles. The maximum atomic E-state index is 11.4. The number of pyridine rings is 1. The van der Waals surface area contributed by atoms with Crippen LogP contribution in [-0.2, 0) is 16.6 Å². The molecule has 132 valence electrons. The predicted molar refractivity (Wildman–Crippen MR) is 98.8 cm³/mol. The Kier molecular flexibility index (Phi) is 5.33. The molecule has 1 N–H and O–H groups in total. The monoisotopic (exact) mass is 358 g/mol. The molecular formula is C18H22N4O2S. The Labute approximate surface area is 152 Å². The van der Waals surface area contributed by atoms with Crippen molar-refractivity contribution in [3.05, 3.63) is 54.1 Å². The van der Waals surface area contributed by atoms with Crippen molar-refractivity contribution in [1.29, 1.82) is 0 Å². The van der Waals surface area contributed by atoms with Gasteiger partial charge in [0.05, 0.1) is 24.9 Å². The Hall–Kier alpha value is -2.41. The van der Waals surface area contributed by atoms with Gasteiger partial charge in [0.15, 0.2) is 5.11 Å². The molecule has 0 aliphatic carbocycles. The van der Waals surface area contributed by atoms with Crippen LogP contribution < -0.4 is 5.32 Å².